The average Bonchev–Trinajstić information content (AvgIpc) is 2.46. The van der Waals surface area contributed by atoms with Crippen molar-refractivity contribution >= 4 is 15.9 Å². The summed E-state index contributed by atoms with van der Waals surface area (Å²) in [4.78, 5) is 0. The summed E-state index contributed by atoms with van der Waals surface area (Å²) >= 11 is 3.53. The second kappa shape index (κ2) is 5.79. The summed E-state index contributed by atoms with van der Waals surface area (Å²) < 4.78 is 7.01. The Labute approximate surface area is 122 Å². The molecule has 0 fully saturated rings. The van der Waals surface area contributed by atoms with Crippen LogP contribution in [0, 0.1) is 0 Å². The maximum absolute atomic E-state index is 5.99. The minimum atomic E-state index is 0.525. The van der Waals surface area contributed by atoms with Gasteiger partial charge in [0.1, 0.15) is 5.75 Å². The molecule has 0 radical (unpaired) electrons. The highest BCUT2D eigenvalue weighted by Gasteiger charge is 2.20. The van der Waals surface area contributed by atoms with Gasteiger partial charge in [0.25, 0.3) is 0 Å². The highest BCUT2D eigenvalue weighted by molar-refractivity contribution is 9.10. The number of aryl methyl sites for hydroxylation is 1. The Morgan fingerprint density at radius 3 is 2.74 bits per heavy atom. The summed E-state index contributed by atoms with van der Waals surface area (Å²) in [6, 6.07) is 16.8. The molecule has 1 aliphatic rings. The average molecular weight is 317 g/mol. The zero-order valence-corrected chi connectivity index (χ0v) is 12.4. The predicted molar refractivity (Wildman–Crippen MR) is 81.8 cm³/mol. The van der Waals surface area contributed by atoms with Crippen LogP contribution in [0.25, 0.3) is 0 Å². The smallest absolute Gasteiger partial charge is 0.133 e. The van der Waals surface area contributed by atoms with E-state index in [2.05, 4.69) is 40.2 Å². The first-order valence-electron chi connectivity index (χ1n) is 6.80. The molecule has 1 nitrogen and oxygen atoms in total. The fraction of sp³-hybridized carbons (Fsp3) is 0.294. The van der Waals surface area contributed by atoms with E-state index < -0.39 is 0 Å². The normalized spacial score (nSPS) is 17.8. The summed E-state index contributed by atoms with van der Waals surface area (Å²) in [5.74, 6) is 1.46. The molecule has 1 aliphatic carbocycles. The van der Waals surface area contributed by atoms with Crippen LogP contribution in [0.3, 0.4) is 0 Å². The Hall–Kier alpha value is -1.28. The number of hydrogen-bond donors (Lipinski definition) is 0. The summed E-state index contributed by atoms with van der Waals surface area (Å²) in [7, 11) is 0. The molecule has 3 rings (SSSR count). The SMILES string of the molecule is Brc1ccccc1OCC1CCCc2ccccc21. The van der Waals surface area contributed by atoms with Gasteiger partial charge in [0.05, 0.1) is 11.1 Å². The van der Waals surface area contributed by atoms with Crippen LogP contribution < -0.4 is 4.74 Å². The second-order valence-electron chi connectivity index (χ2n) is 5.03. The minimum Gasteiger partial charge on any atom is -0.492 e. The van der Waals surface area contributed by atoms with E-state index in [0.717, 1.165) is 16.8 Å². The van der Waals surface area contributed by atoms with Crippen LogP contribution in [0.1, 0.15) is 29.9 Å². The molecule has 0 saturated heterocycles. The molecule has 1 unspecified atom stereocenters. The van der Waals surface area contributed by atoms with Crippen molar-refractivity contribution in [2.45, 2.75) is 25.2 Å². The molecule has 0 heterocycles. The predicted octanol–water partition coefficient (Wildman–Crippen LogP) is 4.95. The van der Waals surface area contributed by atoms with E-state index in [1.165, 1.54) is 30.4 Å². The lowest BCUT2D eigenvalue weighted by atomic mass is 9.83. The van der Waals surface area contributed by atoms with Crippen molar-refractivity contribution in [1.29, 1.82) is 0 Å². The van der Waals surface area contributed by atoms with Crippen LogP contribution in [-0.2, 0) is 6.42 Å². The molecule has 1 atom stereocenters. The van der Waals surface area contributed by atoms with E-state index >= 15 is 0 Å². The van der Waals surface area contributed by atoms with Gasteiger partial charge in [-0.05, 0) is 58.5 Å². The molecule has 2 heteroatoms. The zero-order chi connectivity index (χ0) is 13.1. The van der Waals surface area contributed by atoms with E-state index in [0.29, 0.717) is 5.92 Å². The van der Waals surface area contributed by atoms with Gasteiger partial charge < -0.3 is 4.74 Å². The molecule has 98 valence electrons. The first-order chi connectivity index (χ1) is 9.34. The van der Waals surface area contributed by atoms with Crippen LogP contribution in [0.5, 0.6) is 5.75 Å². The Morgan fingerprint density at radius 1 is 1.05 bits per heavy atom. The van der Waals surface area contributed by atoms with Gasteiger partial charge in [0.15, 0.2) is 0 Å². The van der Waals surface area contributed by atoms with E-state index in [1.807, 2.05) is 24.3 Å². The number of fused-ring (bicyclic) bond motifs is 1. The van der Waals surface area contributed by atoms with Crippen molar-refractivity contribution in [1.82, 2.24) is 0 Å². The van der Waals surface area contributed by atoms with Crippen LogP contribution in [0.2, 0.25) is 0 Å². The number of hydrogen-bond acceptors (Lipinski definition) is 1. The van der Waals surface area contributed by atoms with Crippen LogP contribution in [-0.4, -0.2) is 6.61 Å². The van der Waals surface area contributed by atoms with Gasteiger partial charge in [-0.1, -0.05) is 36.4 Å². The van der Waals surface area contributed by atoms with E-state index in [-0.39, 0.29) is 0 Å². The van der Waals surface area contributed by atoms with Crippen LogP contribution in [0.4, 0.5) is 0 Å². The van der Waals surface area contributed by atoms with Gasteiger partial charge in [-0.2, -0.15) is 0 Å². The van der Waals surface area contributed by atoms with Gasteiger partial charge in [-0.3, -0.25) is 0 Å². The van der Waals surface area contributed by atoms with Crippen LogP contribution >= 0.6 is 15.9 Å². The summed E-state index contributed by atoms with van der Waals surface area (Å²) in [6.07, 6.45) is 3.70. The van der Waals surface area contributed by atoms with E-state index in [4.69, 9.17) is 4.74 Å². The van der Waals surface area contributed by atoms with Crippen molar-refractivity contribution in [3.05, 3.63) is 64.1 Å². The first-order valence-corrected chi connectivity index (χ1v) is 7.59. The Balaban J connectivity index is 1.73. The topological polar surface area (TPSA) is 9.23 Å². The number of halogens is 1. The van der Waals surface area contributed by atoms with Gasteiger partial charge >= 0.3 is 0 Å². The molecular formula is C17H17BrO. The molecule has 0 saturated carbocycles. The van der Waals surface area contributed by atoms with Gasteiger partial charge in [-0.15, -0.1) is 0 Å². The maximum atomic E-state index is 5.99. The van der Waals surface area contributed by atoms with Crippen molar-refractivity contribution in [2.75, 3.05) is 6.61 Å². The molecule has 0 aromatic heterocycles. The van der Waals surface area contributed by atoms with Gasteiger partial charge in [0.2, 0.25) is 0 Å². The lowest BCUT2D eigenvalue weighted by molar-refractivity contribution is 0.273. The highest BCUT2D eigenvalue weighted by Crippen LogP contribution is 2.33. The van der Waals surface area contributed by atoms with Crippen molar-refractivity contribution in [2.24, 2.45) is 0 Å². The highest BCUT2D eigenvalue weighted by atomic mass is 79.9. The third-order valence-electron chi connectivity index (χ3n) is 3.77. The molecule has 0 N–H and O–H groups in total. The molecule has 2 aromatic rings. The van der Waals surface area contributed by atoms with Crippen molar-refractivity contribution in [3.8, 4) is 5.75 Å². The van der Waals surface area contributed by atoms with Gasteiger partial charge in [0, 0.05) is 5.92 Å². The monoisotopic (exact) mass is 316 g/mol. The molecule has 19 heavy (non-hydrogen) atoms. The number of ether oxygens (including phenoxy) is 1. The lowest BCUT2D eigenvalue weighted by Gasteiger charge is -2.25. The summed E-state index contributed by atoms with van der Waals surface area (Å²) in [5, 5.41) is 0. The van der Waals surface area contributed by atoms with Gasteiger partial charge in [-0.25, -0.2) is 0 Å². The lowest BCUT2D eigenvalue weighted by Crippen LogP contribution is -2.16. The first kappa shape index (κ1) is 12.7. The standard InChI is InChI=1S/C17H17BrO/c18-16-10-3-4-11-17(16)19-12-14-8-5-7-13-6-1-2-9-15(13)14/h1-4,6,9-11,14H,5,7-8,12H2. The van der Waals surface area contributed by atoms with Crippen molar-refractivity contribution in [3.63, 3.8) is 0 Å². The molecular weight excluding hydrogens is 300 g/mol. The number of rotatable bonds is 3. The van der Waals surface area contributed by atoms with E-state index in [1.54, 1.807) is 0 Å². The Bertz CT molecular complexity index is 565. The molecule has 0 bridgehead atoms. The summed E-state index contributed by atoms with van der Waals surface area (Å²) in [6.45, 7) is 0.764. The number of benzene rings is 2. The van der Waals surface area contributed by atoms with E-state index in [9.17, 15) is 0 Å². The maximum Gasteiger partial charge on any atom is 0.133 e. The third-order valence-corrected chi connectivity index (χ3v) is 4.43. The Morgan fingerprint density at radius 2 is 1.84 bits per heavy atom. The fourth-order valence-corrected chi connectivity index (χ4v) is 3.18. The fourth-order valence-electron chi connectivity index (χ4n) is 2.78. The largest absolute Gasteiger partial charge is 0.492 e. The Kier molecular flexibility index (Phi) is 3.88. The third kappa shape index (κ3) is 2.84. The minimum absolute atomic E-state index is 0.525. The molecule has 0 aliphatic heterocycles. The van der Waals surface area contributed by atoms with Crippen LogP contribution in [0.15, 0.2) is 53.0 Å². The zero-order valence-electron chi connectivity index (χ0n) is 10.8. The molecule has 0 amide bonds. The quantitative estimate of drug-likeness (QED) is 0.778. The molecule has 0 spiro atoms. The molecule has 2 aromatic carbocycles. The number of para-hydroxylation sites is 1. The summed E-state index contributed by atoms with van der Waals surface area (Å²) in [5.41, 5.74) is 2.97. The van der Waals surface area contributed by atoms with Crippen molar-refractivity contribution < 1.29 is 4.74 Å². The second-order valence-corrected chi connectivity index (χ2v) is 5.88.